The van der Waals surface area contributed by atoms with Crippen LogP contribution in [-0.2, 0) is 6.54 Å². The van der Waals surface area contributed by atoms with Crippen LogP contribution in [0.4, 0.5) is 0 Å². The van der Waals surface area contributed by atoms with Crippen LogP contribution in [0, 0.1) is 0 Å². The Morgan fingerprint density at radius 2 is 1.77 bits per heavy atom. The van der Waals surface area contributed by atoms with Gasteiger partial charge in [-0.1, -0.05) is 23.7 Å². The van der Waals surface area contributed by atoms with E-state index < -0.39 is 0 Å². The number of amides is 1. The molecule has 4 aromatic rings. The molecule has 1 aliphatic rings. The third-order valence-electron chi connectivity index (χ3n) is 5.19. The lowest BCUT2D eigenvalue weighted by Crippen LogP contribution is -2.48. The van der Waals surface area contributed by atoms with Gasteiger partial charge in [-0.25, -0.2) is 4.98 Å². The first kappa shape index (κ1) is 19.6. The number of thiazole rings is 1. The molecule has 0 unspecified atom stereocenters. The highest BCUT2D eigenvalue weighted by molar-refractivity contribution is 7.13. The Balaban J connectivity index is 1.19. The Morgan fingerprint density at radius 1 is 1.00 bits per heavy atom. The SMILES string of the molecule is O=C(c1ccc2nsnc2c1)N1CCN(Cc2csc(-c3ccc(Cl)cc3)n2)CC1. The monoisotopic (exact) mass is 455 g/mol. The molecule has 0 aliphatic carbocycles. The van der Waals surface area contributed by atoms with Crippen LogP contribution >= 0.6 is 34.7 Å². The number of carbonyl (C=O) groups is 1. The van der Waals surface area contributed by atoms with E-state index in [4.69, 9.17) is 16.6 Å². The minimum absolute atomic E-state index is 0.0585. The molecule has 0 spiro atoms. The molecule has 1 aliphatic heterocycles. The van der Waals surface area contributed by atoms with Crippen molar-refractivity contribution in [1.82, 2.24) is 23.5 Å². The minimum atomic E-state index is 0.0585. The minimum Gasteiger partial charge on any atom is -0.336 e. The van der Waals surface area contributed by atoms with Crippen LogP contribution in [-0.4, -0.2) is 55.6 Å². The molecule has 0 saturated carbocycles. The summed E-state index contributed by atoms with van der Waals surface area (Å²) >= 11 is 8.78. The van der Waals surface area contributed by atoms with E-state index in [0.717, 1.165) is 52.0 Å². The summed E-state index contributed by atoms with van der Waals surface area (Å²) in [6.45, 7) is 3.88. The standard InChI is InChI=1S/C21H18ClN5OS2/c22-16-4-1-14(2-5-16)20-23-17(13-29-20)12-26-7-9-27(10-8-26)21(28)15-3-6-18-19(11-15)25-30-24-18/h1-6,11,13H,7-10,12H2. The molecule has 9 heteroatoms. The van der Waals surface area contributed by atoms with Gasteiger partial charge in [0.25, 0.3) is 5.91 Å². The van der Waals surface area contributed by atoms with E-state index >= 15 is 0 Å². The Labute approximate surface area is 187 Å². The van der Waals surface area contributed by atoms with E-state index in [-0.39, 0.29) is 5.91 Å². The third-order valence-corrected chi connectivity index (χ3v) is 6.94. The average Bonchev–Trinajstić information content (AvgIpc) is 3.43. The van der Waals surface area contributed by atoms with Crippen molar-refractivity contribution in [2.24, 2.45) is 0 Å². The predicted molar refractivity (Wildman–Crippen MR) is 121 cm³/mol. The molecule has 1 saturated heterocycles. The van der Waals surface area contributed by atoms with Crippen LogP contribution in [0.3, 0.4) is 0 Å². The number of carbonyl (C=O) groups excluding carboxylic acids is 1. The number of aromatic nitrogens is 3. The second-order valence-corrected chi connectivity index (χ2v) is 9.01. The lowest BCUT2D eigenvalue weighted by molar-refractivity contribution is 0.0627. The zero-order valence-electron chi connectivity index (χ0n) is 16.0. The maximum Gasteiger partial charge on any atom is 0.254 e. The fourth-order valence-electron chi connectivity index (χ4n) is 3.54. The number of halogens is 1. The summed E-state index contributed by atoms with van der Waals surface area (Å²) in [5, 5.41) is 3.84. The smallest absolute Gasteiger partial charge is 0.254 e. The molecule has 2 aromatic carbocycles. The van der Waals surface area contributed by atoms with Crippen LogP contribution < -0.4 is 0 Å². The molecule has 2 aromatic heterocycles. The number of fused-ring (bicyclic) bond motifs is 1. The van der Waals surface area contributed by atoms with Crippen molar-refractivity contribution in [2.75, 3.05) is 26.2 Å². The van der Waals surface area contributed by atoms with E-state index in [1.807, 2.05) is 47.4 Å². The maximum atomic E-state index is 12.9. The van der Waals surface area contributed by atoms with Gasteiger partial charge in [-0.3, -0.25) is 9.69 Å². The fourth-order valence-corrected chi connectivity index (χ4v) is 5.00. The summed E-state index contributed by atoms with van der Waals surface area (Å²) in [7, 11) is 0. The molecule has 30 heavy (non-hydrogen) atoms. The van der Waals surface area contributed by atoms with Gasteiger partial charge < -0.3 is 4.90 Å². The molecule has 152 valence electrons. The largest absolute Gasteiger partial charge is 0.336 e. The first-order valence-corrected chi connectivity index (χ1v) is 11.6. The fraction of sp³-hybridized carbons (Fsp3) is 0.238. The Morgan fingerprint density at radius 3 is 2.57 bits per heavy atom. The number of benzene rings is 2. The van der Waals surface area contributed by atoms with Gasteiger partial charge in [0.15, 0.2) is 0 Å². The molecule has 5 rings (SSSR count). The second kappa shape index (κ2) is 8.39. The van der Waals surface area contributed by atoms with Crippen LogP contribution in [0.1, 0.15) is 16.1 Å². The normalized spacial score (nSPS) is 15.0. The number of piperazine rings is 1. The number of rotatable bonds is 4. The van der Waals surface area contributed by atoms with Gasteiger partial charge in [-0.2, -0.15) is 8.75 Å². The summed E-state index contributed by atoms with van der Waals surface area (Å²) in [6, 6.07) is 13.3. The number of nitrogens with zero attached hydrogens (tertiary/aromatic N) is 5. The highest BCUT2D eigenvalue weighted by Crippen LogP contribution is 2.26. The van der Waals surface area contributed by atoms with Crippen LogP contribution in [0.15, 0.2) is 47.8 Å². The van der Waals surface area contributed by atoms with Crippen LogP contribution in [0.2, 0.25) is 5.02 Å². The molecule has 1 fully saturated rings. The molecule has 0 N–H and O–H groups in total. The van der Waals surface area contributed by atoms with Gasteiger partial charge in [0.2, 0.25) is 0 Å². The molecule has 1 amide bonds. The molecular formula is C21H18ClN5OS2. The maximum absolute atomic E-state index is 12.9. The van der Waals surface area contributed by atoms with Crippen molar-refractivity contribution in [3.63, 3.8) is 0 Å². The topological polar surface area (TPSA) is 62.2 Å². The molecule has 0 atom stereocenters. The second-order valence-electron chi connectivity index (χ2n) is 7.19. The summed E-state index contributed by atoms with van der Waals surface area (Å²) < 4.78 is 8.43. The zero-order chi connectivity index (χ0) is 20.5. The van der Waals surface area contributed by atoms with Crippen molar-refractivity contribution >= 4 is 51.6 Å². The highest BCUT2D eigenvalue weighted by Gasteiger charge is 2.23. The van der Waals surface area contributed by atoms with E-state index in [1.54, 1.807) is 11.3 Å². The lowest BCUT2D eigenvalue weighted by Gasteiger charge is -2.34. The van der Waals surface area contributed by atoms with Crippen molar-refractivity contribution in [2.45, 2.75) is 6.54 Å². The summed E-state index contributed by atoms with van der Waals surface area (Å²) in [6.07, 6.45) is 0. The third kappa shape index (κ3) is 4.09. The van der Waals surface area contributed by atoms with E-state index in [2.05, 4.69) is 19.0 Å². The Hall–Kier alpha value is -2.39. The zero-order valence-corrected chi connectivity index (χ0v) is 18.4. The first-order valence-electron chi connectivity index (χ1n) is 9.60. The van der Waals surface area contributed by atoms with Crippen LogP contribution in [0.25, 0.3) is 21.6 Å². The summed E-state index contributed by atoms with van der Waals surface area (Å²) in [4.78, 5) is 21.9. The van der Waals surface area contributed by atoms with Gasteiger partial charge >= 0.3 is 0 Å². The summed E-state index contributed by atoms with van der Waals surface area (Å²) in [5.41, 5.74) is 4.44. The van der Waals surface area contributed by atoms with Crippen molar-refractivity contribution in [3.8, 4) is 10.6 Å². The molecule has 3 heterocycles. The van der Waals surface area contributed by atoms with Gasteiger partial charge in [-0.15, -0.1) is 11.3 Å². The van der Waals surface area contributed by atoms with Crippen molar-refractivity contribution < 1.29 is 4.79 Å². The average molecular weight is 456 g/mol. The lowest BCUT2D eigenvalue weighted by atomic mass is 10.1. The number of hydrogen-bond acceptors (Lipinski definition) is 7. The predicted octanol–water partition coefficient (Wildman–Crippen LogP) is 4.43. The molecule has 6 nitrogen and oxygen atoms in total. The molecule has 0 bridgehead atoms. The van der Waals surface area contributed by atoms with Crippen molar-refractivity contribution in [3.05, 3.63) is 64.1 Å². The van der Waals surface area contributed by atoms with E-state index in [1.165, 1.54) is 11.7 Å². The first-order chi connectivity index (χ1) is 14.7. The number of hydrogen-bond donors (Lipinski definition) is 0. The van der Waals surface area contributed by atoms with Crippen LogP contribution in [0.5, 0.6) is 0 Å². The van der Waals surface area contributed by atoms with Gasteiger partial charge in [0, 0.05) is 54.3 Å². The molecule has 0 radical (unpaired) electrons. The van der Waals surface area contributed by atoms with E-state index in [0.29, 0.717) is 18.7 Å². The van der Waals surface area contributed by atoms with Gasteiger partial charge in [-0.05, 0) is 30.3 Å². The van der Waals surface area contributed by atoms with Gasteiger partial charge in [0.1, 0.15) is 16.0 Å². The Kier molecular flexibility index (Phi) is 5.47. The van der Waals surface area contributed by atoms with E-state index in [9.17, 15) is 4.79 Å². The summed E-state index contributed by atoms with van der Waals surface area (Å²) in [5.74, 6) is 0.0585. The van der Waals surface area contributed by atoms with Crippen molar-refractivity contribution in [1.29, 1.82) is 0 Å². The Bertz CT molecular complexity index is 1180. The highest BCUT2D eigenvalue weighted by atomic mass is 35.5. The molecular weight excluding hydrogens is 438 g/mol. The van der Waals surface area contributed by atoms with Gasteiger partial charge in [0.05, 0.1) is 17.4 Å². The quantitative estimate of drug-likeness (QED) is 0.455.